The molecule has 106 valence electrons. The van der Waals surface area contributed by atoms with Crippen LogP contribution < -0.4 is 10.6 Å². The quantitative estimate of drug-likeness (QED) is 0.898. The Balaban J connectivity index is 1.62. The van der Waals surface area contributed by atoms with Crippen molar-refractivity contribution in [3.05, 3.63) is 56.7 Å². The Labute approximate surface area is 129 Å². The van der Waals surface area contributed by atoms with Crippen LogP contribution in [0.2, 0.25) is 4.34 Å². The van der Waals surface area contributed by atoms with E-state index in [9.17, 15) is 0 Å². The minimum atomic E-state index is 0.455. The molecule has 0 amide bonds. The zero-order valence-electron chi connectivity index (χ0n) is 11.4. The van der Waals surface area contributed by atoms with Gasteiger partial charge in [0, 0.05) is 24.0 Å². The van der Waals surface area contributed by atoms with Crippen molar-refractivity contribution in [2.24, 2.45) is 0 Å². The number of hydrogen-bond donors (Lipinski definition) is 2. The van der Waals surface area contributed by atoms with Crippen molar-refractivity contribution < 1.29 is 0 Å². The lowest BCUT2D eigenvalue weighted by molar-refractivity contribution is 0.500. The van der Waals surface area contributed by atoms with E-state index in [0.717, 1.165) is 36.8 Å². The number of hydrogen-bond acceptors (Lipinski definition) is 3. The van der Waals surface area contributed by atoms with Crippen LogP contribution in [0, 0.1) is 0 Å². The topological polar surface area (TPSA) is 24.1 Å². The summed E-state index contributed by atoms with van der Waals surface area (Å²) in [7, 11) is 0. The Hall–Kier alpha value is -0.870. The van der Waals surface area contributed by atoms with Crippen LogP contribution in [0.3, 0.4) is 0 Å². The summed E-state index contributed by atoms with van der Waals surface area (Å²) in [5.41, 5.74) is 2.86. The lowest BCUT2D eigenvalue weighted by Gasteiger charge is -2.18. The number of halogens is 1. The Bertz CT molecular complexity index is 567. The molecule has 2 aromatic rings. The Kier molecular flexibility index (Phi) is 4.73. The Morgan fingerprint density at radius 2 is 2.15 bits per heavy atom. The summed E-state index contributed by atoms with van der Waals surface area (Å²) in [6.45, 7) is 3.04. The summed E-state index contributed by atoms with van der Waals surface area (Å²) >= 11 is 7.64. The molecule has 0 saturated carbocycles. The van der Waals surface area contributed by atoms with E-state index >= 15 is 0 Å². The van der Waals surface area contributed by atoms with Gasteiger partial charge in [0.2, 0.25) is 0 Å². The monoisotopic (exact) mass is 306 g/mol. The highest BCUT2D eigenvalue weighted by molar-refractivity contribution is 7.16. The minimum absolute atomic E-state index is 0.455. The molecular weight excluding hydrogens is 288 g/mol. The third kappa shape index (κ3) is 3.41. The highest BCUT2D eigenvalue weighted by Crippen LogP contribution is 2.24. The molecule has 1 aromatic carbocycles. The molecule has 1 aliphatic rings. The lowest BCUT2D eigenvalue weighted by atomic mass is 9.99. The second-order valence-corrected chi connectivity index (χ2v) is 6.93. The first-order valence-corrected chi connectivity index (χ1v) is 8.28. The highest BCUT2D eigenvalue weighted by atomic mass is 35.5. The van der Waals surface area contributed by atoms with Gasteiger partial charge in [-0.2, -0.15) is 0 Å². The minimum Gasteiger partial charge on any atom is -0.313 e. The molecule has 0 aliphatic carbocycles. The molecule has 0 fully saturated rings. The molecule has 2 nitrogen and oxygen atoms in total. The van der Waals surface area contributed by atoms with Crippen molar-refractivity contribution in [3.63, 3.8) is 0 Å². The summed E-state index contributed by atoms with van der Waals surface area (Å²) in [6.07, 6.45) is 2.19. The van der Waals surface area contributed by atoms with E-state index in [0.29, 0.717) is 6.04 Å². The van der Waals surface area contributed by atoms with Gasteiger partial charge in [-0.05, 0) is 42.6 Å². The van der Waals surface area contributed by atoms with Gasteiger partial charge in [0.15, 0.2) is 0 Å². The molecule has 1 aromatic heterocycles. The molecule has 3 rings (SSSR count). The van der Waals surface area contributed by atoms with Crippen molar-refractivity contribution >= 4 is 22.9 Å². The normalized spacial score (nSPS) is 18.6. The predicted molar refractivity (Wildman–Crippen MR) is 86.5 cm³/mol. The van der Waals surface area contributed by atoms with E-state index in [1.807, 2.05) is 6.07 Å². The molecule has 0 spiro atoms. The second kappa shape index (κ2) is 6.72. The number of fused-ring (bicyclic) bond motifs is 1. The average Bonchev–Trinajstić information content (AvgIpc) is 2.76. The van der Waals surface area contributed by atoms with Crippen molar-refractivity contribution in [2.75, 3.05) is 13.1 Å². The molecule has 0 radical (unpaired) electrons. The van der Waals surface area contributed by atoms with Gasteiger partial charge in [0.25, 0.3) is 0 Å². The zero-order valence-corrected chi connectivity index (χ0v) is 12.9. The summed E-state index contributed by atoms with van der Waals surface area (Å²) in [5.74, 6) is 0. The van der Waals surface area contributed by atoms with Crippen molar-refractivity contribution in [1.82, 2.24) is 10.6 Å². The lowest BCUT2D eigenvalue weighted by Crippen LogP contribution is -2.25. The number of thiophene rings is 1. The first-order valence-electron chi connectivity index (χ1n) is 7.09. The van der Waals surface area contributed by atoms with Crippen LogP contribution >= 0.6 is 22.9 Å². The SMILES string of the molecule is Clc1ccc(CCNC2CCNCc3ccccc32)s1. The van der Waals surface area contributed by atoms with Gasteiger partial charge < -0.3 is 10.6 Å². The largest absolute Gasteiger partial charge is 0.313 e. The van der Waals surface area contributed by atoms with Gasteiger partial charge in [0.05, 0.1) is 4.34 Å². The third-order valence-electron chi connectivity index (χ3n) is 3.75. The van der Waals surface area contributed by atoms with Crippen LogP contribution in [0.4, 0.5) is 0 Å². The fraction of sp³-hybridized carbons (Fsp3) is 0.375. The van der Waals surface area contributed by atoms with Crippen LogP contribution in [-0.2, 0) is 13.0 Å². The maximum absolute atomic E-state index is 5.97. The van der Waals surface area contributed by atoms with Gasteiger partial charge >= 0.3 is 0 Å². The van der Waals surface area contributed by atoms with Gasteiger partial charge in [-0.3, -0.25) is 0 Å². The average molecular weight is 307 g/mol. The standard InChI is InChI=1S/C16H19ClN2S/c17-16-6-5-13(20-16)7-10-19-15-8-9-18-11-12-3-1-2-4-14(12)15/h1-6,15,18-19H,7-11H2. The van der Waals surface area contributed by atoms with Crippen LogP contribution in [0.15, 0.2) is 36.4 Å². The second-order valence-electron chi connectivity index (χ2n) is 5.13. The van der Waals surface area contributed by atoms with Crippen LogP contribution in [0.25, 0.3) is 0 Å². The maximum Gasteiger partial charge on any atom is 0.0931 e. The van der Waals surface area contributed by atoms with E-state index in [4.69, 9.17) is 11.6 Å². The van der Waals surface area contributed by atoms with Gasteiger partial charge in [0.1, 0.15) is 0 Å². The van der Waals surface area contributed by atoms with Crippen molar-refractivity contribution in [1.29, 1.82) is 0 Å². The fourth-order valence-electron chi connectivity index (χ4n) is 2.73. The van der Waals surface area contributed by atoms with E-state index in [1.54, 1.807) is 11.3 Å². The van der Waals surface area contributed by atoms with Gasteiger partial charge in [-0.15, -0.1) is 11.3 Å². The first-order chi connectivity index (χ1) is 9.83. The summed E-state index contributed by atoms with van der Waals surface area (Å²) in [4.78, 5) is 1.35. The number of rotatable bonds is 4. The molecule has 4 heteroatoms. The highest BCUT2D eigenvalue weighted by Gasteiger charge is 2.17. The molecule has 1 unspecified atom stereocenters. The number of benzene rings is 1. The van der Waals surface area contributed by atoms with Gasteiger partial charge in [-0.1, -0.05) is 35.9 Å². The first kappa shape index (κ1) is 14.1. The number of nitrogens with one attached hydrogen (secondary N) is 2. The van der Waals surface area contributed by atoms with Crippen LogP contribution in [0.1, 0.15) is 28.5 Å². The molecule has 1 atom stereocenters. The predicted octanol–water partition coefficient (Wildman–Crippen LogP) is 3.77. The smallest absolute Gasteiger partial charge is 0.0931 e. The molecule has 0 saturated heterocycles. The van der Waals surface area contributed by atoms with E-state index in [-0.39, 0.29) is 0 Å². The van der Waals surface area contributed by atoms with Gasteiger partial charge in [-0.25, -0.2) is 0 Å². The van der Waals surface area contributed by atoms with Crippen molar-refractivity contribution in [3.8, 4) is 0 Å². The Morgan fingerprint density at radius 3 is 3.00 bits per heavy atom. The van der Waals surface area contributed by atoms with E-state index in [2.05, 4.69) is 41.0 Å². The van der Waals surface area contributed by atoms with Crippen molar-refractivity contribution in [2.45, 2.75) is 25.4 Å². The zero-order chi connectivity index (χ0) is 13.8. The third-order valence-corrected chi connectivity index (χ3v) is 5.04. The maximum atomic E-state index is 5.97. The fourth-order valence-corrected chi connectivity index (χ4v) is 3.81. The van der Waals surface area contributed by atoms with Crippen LogP contribution in [-0.4, -0.2) is 13.1 Å². The van der Waals surface area contributed by atoms with E-state index in [1.165, 1.54) is 16.0 Å². The summed E-state index contributed by atoms with van der Waals surface area (Å²) in [5, 5.41) is 7.19. The summed E-state index contributed by atoms with van der Waals surface area (Å²) in [6, 6.07) is 13.3. The molecule has 2 heterocycles. The molecule has 0 bridgehead atoms. The molecule has 20 heavy (non-hydrogen) atoms. The van der Waals surface area contributed by atoms with Crippen LogP contribution in [0.5, 0.6) is 0 Å². The molecular formula is C16H19ClN2S. The molecule has 2 N–H and O–H groups in total. The summed E-state index contributed by atoms with van der Waals surface area (Å²) < 4.78 is 0.879. The molecule has 1 aliphatic heterocycles. The Morgan fingerprint density at radius 1 is 1.25 bits per heavy atom. The van der Waals surface area contributed by atoms with E-state index < -0.39 is 0 Å².